The Morgan fingerprint density at radius 1 is 1.32 bits per heavy atom. The van der Waals surface area contributed by atoms with Crippen LogP contribution in [0.5, 0.6) is 0 Å². The number of hydrogen-bond donors (Lipinski definition) is 1. The van der Waals surface area contributed by atoms with E-state index >= 15 is 0 Å². The van der Waals surface area contributed by atoms with Crippen LogP contribution in [0.3, 0.4) is 0 Å². The SMILES string of the molecule is CCCNc1cccc(N2CCC(C(C)C)CC2)n1. The summed E-state index contributed by atoms with van der Waals surface area (Å²) >= 11 is 0. The number of aromatic nitrogens is 1. The summed E-state index contributed by atoms with van der Waals surface area (Å²) in [7, 11) is 0. The average molecular weight is 261 g/mol. The molecule has 0 unspecified atom stereocenters. The highest BCUT2D eigenvalue weighted by Crippen LogP contribution is 2.27. The summed E-state index contributed by atoms with van der Waals surface area (Å²) in [6, 6.07) is 6.29. The normalized spacial score (nSPS) is 16.9. The van der Waals surface area contributed by atoms with Gasteiger partial charge in [0.25, 0.3) is 0 Å². The zero-order valence-corrected chi connectivity index (χ0v) is 12.5. The van der Waals surface area contributed by atoms with Gasteiger partial charge < -0.3 is 10.2 Å². The topological polar surface area (TPSA) is 28.2 Å². The molecule has 1 N–H and O–H groups in total. The molecule has 0 atom stereocenters. The van der Waals surface area contributed by atoms with Crippen LogP contribution in [0.4, 0.5) is 11.6 Å². The molecule has 1 aromatic rings. The van der Waals surface area contributed by atoms with Crippen molar-refractivity contribution in [2.24, 2.45) is 11.8 Å². The second-order valence-electron chi connectivity index (χ2n) is 5.88. The van der Waals surface area contributed by atoms with Crippen molar-refractivity contribution in [2.45, 2.75) is 40.0 Å². The second kappa shape index (κ2) is 6.78. The van der Waals surface area contributed by atoms with Gasteiger partial charge in [-0.25, -0.2) is 4.98 Å². The van der Waals surface area contributed by atoms with Gasteiger partial charge in [0, 0.05) is 19.6 Å². The average Bonchev–Trinajstić information content (AvgIpc) is 2.45. The first-order valence-corrected chi connectivity index (χ1v) is 7.66. The lowest BCUT2D eigenvalue weighted by Gasteiger charge is -2.34. The molecule has 1 fully saturated rings. The fourth-order valence-corrected chi connectivity index (χ4v) is 2.75. The maximum absolute atomic E-state index is 4.72. The smallest absolute Gasteiger partial charge is 0.130 e. The van der Waals surface area contributed by atoms with Crippen molar-refractivity contribution < 1.29 is 0 Å². The maximum Gasteiger partial charge on any atom is 0.130 e. The van der Waals surface area contributed by atoms with Crippen molar-refractivity contribution in [3.8, 4) is 0 Å². The van der Waals surface area contributed by atoms with E-state index in [0.717, 1.165) is 49.5 Å². The van der Waals surface area contributed by atoms with E-state index in [-0.39, 0.29) is 0 Å². The van der Waals surface area contributed by atoms with Gasteiger partial charge in [0.05, 0.1) is 0 Å². The molecule has 0 aliphatic carbocycles. The van der Waals surface area contributed by atoms with E-state index in [1.165, 1.54) is 12.8 Å². The molecule has 0 spiro atoms. The Hall–Kier alpha value is -1.25. The number of nitrogens with zero attached hydrogens (tertiary/aromatic N) is 2. The molecular weight excluding hydrogens is 234 g/mol. The van der Waals surface area contributed by atoms with E-state index in [1.54, 1.807) is 0 Å². The molecule has 1 aliphatic rings. The first-order chi connectivity index (χ1) is 9.20. The molecule has 19 heavy (non-hydrogen) atoms. The molecule has 1 aliphatic heterocycles. The Morgan fingerprint density at radius 3 is 2.68 bits per heavy atom. The fraction of sp³-hybridized carbons (Fsp3) is 0.688. The summed E-state index contributed by atoms with van der Waals surface area (Å²) in [5, 5.41) is 3.36. The summed E-state index contributed by atoms with van der Waals surface area (Å²) in [6.45, 7) is 10.1. The molecule has 3 heteroatoms. The number of piperidine rings is 1. The molecule has 106 valence electrons. The van der Waals surface area contributed by atoms with Crippen molar-refractivity contribution >= 4 is 11.6 Å². The number of pyridine rings is 1. The molecule has 1 aromatic heterocycles. The van der Waals surface area contributed by atoms with Crippen LogP contribution in [-0.2, 0) is 0 Å². The van der Waals surface area contributed by atoms with Crippen LogP contribution in [0, 0.1) is 11.8 Å². The fourth-order valence-electron chi connectivity index (χ4n) is 2.75. The lowest BCUT2D eigenvalue weighted by atomic mass is 9.87. The quantitative estimate of drug-likeness (QED) is 0.874. The second-order valence-corrected chi connectivity index (χ2v) is 5.88. The van der Waals surface area contributed by atoms with Gasteiger partial charge in [0.2, 0.25) is 0 Å². The first kappa shape index (κ1) is 14.2. The molecule has 0 radical (unpaired) electrons. The van der Waals surface area contributed by atoms with Gasteiger partial charge in [-0.05, 0) is 43.2 Å². The van der Waals surface area contributed by atoms with Crippen molar-refractivity contribution in [1.82, 2.24) is 4.98 Å². The van der Waals surface area contributed by atoms with E-state index < -0.39 is 0 Å². The standard InChI is InChI=1S/C16H27N3/c1-4-10-17-15-6-5-7-16(18-15)19-11-8-14(9-12-19)13(2)3/h5-7,13-14H,4,8-12H2,1-3H3,(H,17,18). The van der Waals surface area contributed by atoms with E-state index in [9.17, 15) is 0 Å². The zero-order valence-electron chi connectivity index (χ0n) is 12.5. The Bertz CT molecular complexity index is 381. The van der Waals surface area contributed by atoms with Crippen molar-refractivity contribution in [3.63, 3.8) is 0 Å². The maximum atomic E-state index is 4.72. The van der Waals surface area contributed by atoms with E-state index in [1.807, 2.05) is 0 Å². The highest BCUT2D eigenvalue weighted by Gasteiger charge is 2.22. The lowest BCUT2D eigenvalue weighted by molar-refractivity contribution is 0.311. The molecule has 1 saturated heterocycles. The minimum atomic E-state index is 0.813. The van der Waals surface area contributed by atoms with Crippen molar-refractivity contribution in [3.05, 3.63) is 18.2 Å². The minimum absolute atomic E-state index is 0.813. The Kier molecular flexibility index (Phi) is 5.06. The van der Waals surface area contributed by atoms with Crippen LogP contribution in [0.25, 0.3) is 0 Å². The summed E-state index contributed by atoms with van der Waals surface area (Å²) in [5.41, 5.74) is 0. The molecule has 3 nitrogen and oxygen atoms in total. The van der Waals surface area contributed by atoms with Crippen LogP contribution in [0.2, 0.25) is 0 Å². The molecule has 0 bridgehead atoms. The third-order valence-electron chi connectivity index (χ3n) is 4.10. The van der Waals surface area contributed by atoms with E-state index in [2.05, 4.69) is 49.2 Å². The van der Waals surface area contributed by atoms with E-state index in [4.69, 9.17) is 4.98 Å². The molecule has 0 amide bonds. The van der Waals surface area contributed by atoms with Gasteiger partial charge in [-0.2, -0.15) is 0 Å². The molecule has 2 rings (SSSR count). The number of nitrogens with one attached hydrogen (secondary N) is 1. The third kappa shape index (κ3) is 3.85. The van der Waals surface area contributed by atoms with Gasteiger partial charge in [0.15, 0.2) is 0 Å². The molecule has 0 aromatic carbocycles. The van der Waals surface area contributed by atoms with Gasteiger partial charge in [-0.3, -0.25) is 0 Å². The van der Waals surface area contributed by atoms with Crippen LogP contribution in [0.15, 0.2) is 18.2 Å². The summed E-state index contributed by atoms with van der Waals surface area (Å²) in [5.74, 6) is 3.83. The first-order valence-electron chi connectivity index (χ1n) is 7.66. The summed E-state index contributed by atoms with van der Waals surface area (Å²) in [6.07, 6.45) is 3.73. The Balaban J connectivity index is 1.95. The van der Waals surface area contributed by atoms with Gasteiger partial charge in [-0.1, -0.05) is 26.8 Å². The Labute approximate surface area is 117 Å². The molecule has 2 heterocycles. The third-order valence-corrected chi connectivity index (χ3v) is 4.10. The van der Waals surface area contributed by atoms with Gasteiger partial charge in [-0.15, -0.1) is 0 Å². The van der Waals surface area contributed by atoms with Crippen LogP contribution >= 0.6 is 0 Å². The minimum Gasteiger partial charge on any atom is -0.370 e. The van der Waals surface area contributed by atoms with Crippen LogP contribution in [0.1, 0.15) is 40.0 Å². The largest absolute Gasteiger partial charge is 0.370 e. The number of anilines is 2. The van der Waals surface area contributed by atoms with E-state index in [0.29, 0.717) is 0 Å². The summed E-state index contributed by atoms with van der Waals surface area (Å²) < 4.78 is 0. The van der Waals surface area contributed by atoms with Crippen LogP contribution in [-0.4, -0.2) is 24.6 Å². The van der Waals surface area contributed by atoms with Gasteiger partial charge >= 0.3 is 0 Å². The number of hydrogen-bond acceptors (Lipinski definition) is 3. The molecule has 0 saturated carbocycles. The van der Waals surface area contributed by atoms with Crippen molar-refractivity contribution in [2.75, 3.05) is 29.9 Å². The highest BCUT2D eigenvalue weighted by atomic mass is 15.2. The Morgan fingerprint density at radius 2 is 2.05 bits per heavy atom. The predicted molar refractivity (Wildman–Crippen MR) is 82.8 cm³/mol. The lowest BCUT2D eigenvalue weighted by Crippen LogP contribution is -2.35. The number of rotatable bonds is 5. The van der Waals surface area contributed by atoms with Gasteiger partial charge in [0.1, 0.15) is 11.6 Å². The molecular formula is C16H27N3. The highest BCUT2D eigenvalue weighted by molar-refractivity contribution is 5.47. The zero-order chi connectivity index (χ0) is 13.7. The van der Waals surface area contributed by atoms with Crippen LogP contribution < -0.4 is 10.2 Å². The monoisotopic (exact) mass is 261 g/mol. The predicted octanol–water partition coefficient (Wildman–Crippen LogP) is 3.78. The van der Waals surface area contributed by atoms with Crippen molar-refractivity contribution in [1.29, 1.82) is 0 Å². The summed E-state index contributed by atoms with van der Waals surface area (Å²) in [4.78, 5) is 7.15.